The van der Waals surface area contributed by atoms with Gasteiger partial charge in [-0.3, -0.25) is 0 Å². The van der Waals surface area contributed by atoms with Crippen LogP contribution in [0.4, 0.5) is 4.39 Å². The Hall–Kier alpha value is -1.72. The first-order chi connectivity index (χ1) is 10.3. The molecule has 5 heteroatoms. The highest BCUT2D eigenvalue weighted by Crippen LogP contribution is 2.23. The van der Waals surface area contributed by atoms with Crippen molar-refractivity contribution in [2.75, 3.05) is 13.6 Å². The molecular formula is C17H20FNO2S. The molecule has 0 aliphatic rings. The van der Waals surface area contributed by atoms with E-state index in [0.29, 0.717) is 5.56 Å². The summed E-state index contributed by atoms with van der Waals surface area (Å²) in [4.78, 5) is 0.178. The molecular weight excluding hydrogens is 301 g/mol. The summed E-state index contributed by atoms with van der Waals surface area (Å²) in [6, 6.07) is 13.6. The number of hydrogen-bond acceptors (Lipinski definition) is 2. The van der Waals surface area contributed by atoms with Crippen molar-refractivity contribution >= 4 is 10.0 Å². The van der Waals surface area contributed by atoms with E-state index >= 15 is 0 Å². The van der Waals surface area contributed by atoms with Crippen molar-refractivity contribution < 1.29 is 12.8 Å². The summed E-state index contributed by atoms with van der Waals surface area (Å²) in [6.07, 6.45) is -1.36. The molecule has 0 N–H and O–H groups in total. The van der Waals surface area contributed by atoms with Crippen LogP contribution in [0.1, 0.15) is 22.9 Å². The van der Waals surface area contributed by atoms with Crippen LogP contribution < -0.4 is 0 Å². The number of likely N-dealkylation sites (N-methyl/N-ethyl adjacent to an activating group) is 1. The number of alkyl halides is 1. The van der Waals surface area contributed by atoms with Gasteiger partial charge in [0.2, 0.25) is 10.0 Å². The lowest BCUT2D eigenvalue weighted by molar-refractivity contribution is 0.285. The van der Waals surface area contributed by atoms with E-state index in [0.717, 1.165) is 15.4 Å². The minimum atomic E-state index is -3.68. The number of hydrogen-bond donors (Lipinski definition) is 0. The third kappa shape index (κ3) is 3.72. The Morgan fingerprint density at radius 2 is 1.68 bits per heavy atom. The number of aryl methyl sites for hydroxylation is 2. The largest absolute Gasteiger partial charge is 0.242 e. The molecule has 0 radical (unpaired) electrons. The van der Waals surface area contributed by atoms with Gasteiger partial charge in [0.05, 0.1) is 4.90 Å². The Kier molecular flexibility index (Phi) is 4.98. The maximum absolute atomic E-state index is 14.4. The molecule has 1 unspecified atom stereocenters. The first kappa shape index (κ1) is 16.6. The normalized spacial score (nSPS) is 13.3. The van der Waals surface area contributed by atoms with Gasteiger partial charge in [-0.05, 0) is 31.5 Å². The highest BCUT2D eigenvalue weighted by Gasteiger charge is 2.24. The first-order valence-corrected chi connectivity index (χ1v) is 8.48. The Labute approximate surface area is 131 Å². The van der Waals surface area contributed by atoms with E-state index in [-0.39, 0.29) is 11.4 Å². The molecule has 22 heavy (non-hydrogen) atoms. The Balaban J connectivity index is 2.17. The van der Waals surface area contributed by atoms with Crippen molar-refractivity contribution in [2.24, 2.45) is 0 Å². The van der Waals surface area contributed by atoms with E-state index < -0.39 is 16.2 Å². The zero-order valence-corrected chi connectivity index (χ0v) is 13.8. The van der Waals surface area contributed by atoms with Gasteiger partial charge in [-0.1, -0.05) is 47.5 Å². The lowest BCUT2D eigenvalue weighted by atomic mass is 10.1. The minimum Gasteiger partial charge on any atom is -0.241 e. The number of rotatable bonds is 5. The average Bonchev–Trinajstić information content (AvgIpc) is 2.47. The maximum atomic E-state index is 14.4. The maximum Gasteiger partial charge on any atom is 0.242 e. The average molecular weight is 321 g/mol. The van der Waals surface area contributed by atoms with Crippen molar-refractivity contribution in [1.29, 1.82) is 0 Å². The van der Waals surface area contributed by atoms with Crippen LogP contribution in [-0.2, 0) is 10.0 Å². The second-order valence-electron chi connectivity index (χ2n) is 5.48. The number of halogens is 1. The predicted molar refractivity (Wildman–Crippen MR) is 86.0 cm³/mol. The second kappa shape index (κ2) is 6.58. The summed E-state index contributed by atoms with van der Waals surface area (Å²) in [5.41, 5.74) is 2.42. The highest BCUT2D eigenvalue weighted by atomic mass is 32.2. The quantitative estimate of drug-likeness (QED) is 0.843. The molecule has 0 aromatic heterocycles. The molecule has 3 nitrogen and oxygen atoms in total. The van der Waals surface area contributed by atoms with Crippen molar-refractivity contribution in [3.05, 3.63) is 65.2 Å². The zero-order chi connectivity index (χ0) is 16.3. The SMILES string of the molecule is Cc1ccc(S(=O)(=O)N(C)CC(F)c2cccc(C)c2)cc1. The molecule has 0 aliphatic heterocycles. The number of benzene rings is 2. The van der Waals surface area contributed by atoms with Crippen LogP contribution in [-0.4, -0.2) is 26.3 Å². The van der Waals surface area contributed by atoms with Crippen LogP contribution in [0.25, 0.3) is 0 Å². The first-order valence-electron chi connectivity index (χ1n) is 7.04. The standard InChI is InChI=1S/C17H20FNO2S/c1-13-7-9-16(10-8-13)22(20,21)19(3)12-17(18)15-6-4-5-14(2)11-15/h4-11,17H,12H2,1-3H3. The van der Waals surface area contributed by atoms with E-state index in [4.69, 9.17) is 0 Å². The van der Waals surface area contributed by atoms with Crippen LogP contribution in [0.3, 0.4) is 0 Å². The van der Waals surface area contributed by atoms with Crippen LogP contribution in [0.2, 0.25) is 0 Å². The lowest BCUT2D eigenvalue weighted by Gasteiger charge is -2.20. The molecule has 2 aromatic carbocycles. The van der Waals surface area contributed by atoms with E-state index in [1.54, 1.807) is 42.5 Å². The van der Waals surface area contributed by atoms with Crippen molar-refractivity contribution in [2.45, 2.75) is 24.9 Å². The van der Waals surface area contributed by atoms with Gasteiger partial charge in [0.15, 0.2) is 0 Å². The molecule has 0 spiro atoms. The molecule has 2 rings (SSSR count). The van der Waals surface area contributed by atoms with Gasteiger partial charge in [-0.2, -0.15) is 4.31 Å². The van der Waals surface area contributed by atoms with Gasteiger partial charge >= 0.3 is 0 Å². The lowest BCUT2D eigenvalue weighted by Crippen LogP contribution is -2.30. The summed E-state index contributed by atoms with van der Waals surface area (Å²) in [6.45, 7) is 3.55. The monoisotopic (exact) mass is 321 g/mol. The van der Waals surface area contributed by atoms with Crippen LogP contribution in [0.15, 0.2) is 53.4 Å². The third-order valence-corrected chi connectivity index (χ3v) is 5.39. The molecule has 0 bridgehead atoms. The van der Waals surface area contributed by atoms with Crippen molar-refractivity contribution in [3.8, 4) is 0 Å². The van der Waals surface area contributed by atoms with Crippen molar-refractivity contribution in [1.82, 2.24) is 4.31 Å². The minimum absolute atomic E-state index is 0.178. The molecule has 2 aromatic rings. The van der Waals surface area contributed by atoms with E-state index in [1.807, 2.05) is 19.9 Å². The fraction of sp³-hybridized carbons (Fsp3) is 0.294. The molecule has 0 amide bonds. The summed E-state index contributed by atoms with van der Waals surface area (Å²) in [5, 5.41) is 0. The van der Waals surface area contributed by atoms with Crippen LogP contribution >= 0.6 is 0 Å². The molecule has 118 valence electrons. The van der Waals surface area contributed by atoms with Gasteiger partial charge in [0.25, 0.3) is 0 Å². The predicted octanol–water partition coefficient (Wildman–Crippen LogP) is 3.63. The number of sulfonamides is 1. The van der Waals surface area contributed by atoms with E-state index in [9.17, 15) is 12.8 Å². The van der Waals surface area contributed by atoms with E-state index in [1.165, 1.54) is 7.05 Å². The Morgan fingerprint density at radius 1 is 1.05 bits per heavy atom. The van der Waals surface area contributed by atoms with E-state index in [2.05, 4.69) is 0 Å². The molecule has 0 aliphatic carbocycles. The van der Waals surface area contributed by atoms with Gasteiger partial charge in [0, 0.05) is 13.6 Å². The fourth-order valence-corrected chi connectivity index (χ4v) is 3.35. The molecule has 0 saturated carbocycles. The van der Waals surface area contributed by atoms with Crippen LogP contribution in [0.5, 0.6) is 0 Å². The van der Waals surface area contributed by atoms with Crippen molar-refractivity contribution in [3.63, 3.8) is 0 Å². The summed E-state index contributed by atoms with van der Waals surface area (Å²) in [5.74, 6) is 0. The smallest absolute Gasteiger partial charge is 0.241 e. The topological polar surface area (TPSA) is 37.4 Å². The zero-order valence-electron chi connectivity index (χ0n) is 13.0. The van der Waals surface area contributed by atoms with Gasteiger partial charge in [0.1, 0.15) is 6.17 Å². The van der Waals surface area contributed by atoms with Gasteiger partial charge < -0.3 is 0 Å². The van der Waals surface area contributed by atoms with Gasteiger partial charge in [-0.25, -0.2) is 12.8 Å². The summed E-state index contributed by atoms with van der Waals surface area (Å²) in [7, 11) is -2.28. The molecule has 1 atom stereocenters. The molecule has 0 fully saturated rings. The third-order valence-electron chi connectivity index (χ3n) is 3.55. The number of nitrogens with zero attached hydrogens (tertiary/aromatic N) is 1. The fourth-order valence-electron chi connectivity index (χ4n) is 2.18. The summed E-state index contributed by atoms with van der Waals surface area (Å²) >= 11 is 0. The van der Waals surface area contributed by atoms with Crippen LogP contribution in [0, 0.1) is 13.8 Å². The second-order valence-corrected chi connectivity index (χ2v) is 7.53. The van der Waals surface area contributed by atoms with Gasteiger partial charge in [-0.15, -0.1) is 0 Å². The molecule has 0 saturated heterocycles. The Morgan fingerprint density at radius 3 is 2.27 bits per heavy atom. The highest BCUT2D eigenvalue weighted by molar-refractivity contribution is 7.89. The molecule has 0 heterocycles. The Bertz CT molecular complexity index is 742. The summed E-state index contributed by atoms with van der Waals surface area (Å²) < 4.78 is 40.3.